The number of allylic oxidation sites excluding steroid dienone is 1. The molecule has 0 saturated heterocycles. The molecule has 32 heavy (non-hydrogen) atoms. The van der Waals surface area contributed by atoms with Gasteiger partial charge in [0.15, 0.2) is 0 Å². The Hall–Kier alpha value is -0.500. The number of halogens is 1. The molecule has 0 radical (unpaired) electrons. The average molecular weight is 463 g/mol. The zero-order chi connectivity index (χ0) is 23.1. The minimum absolute atomic E-state index is 0.0329. The van der Waals surface area contributed by atoms with Gasteiger partial charge in [0.2, 0.25) is 0 Å². The molecular formula is C29H47ClO2. The van der Waals surface area contributed by atoms with Crippen LogP contribution in [0.4, 0.5) is 0 Å². The van der Waals surface area contributed by atoms with E-state index in [1.807, 2.05) is 0 Å². The molecule has 2 nitrogen and oxygen atoms in total. The van der Waals surface area contributed by atoms with Crippen molar-refractivity contribution in [3.05, 3.63) is 11.6 Å². The fraction of sp³-hybridized carbons (Fsp3) is 0.897. The first-order valence-corrected chi connectivity index (χ1v) is 14.2. The Morgan fingerprint density at radius 1 is 1.09 bits per heavy atom. The number of esters is 1. The predicted molar refractivity (Wildman–Crippen MR) is 134 cm³/mol. The zero-order valence-corrected chi connectivity index (χ0v) is 22.1. The summed E-state index contributed by atoms with van der Waals surface area (Å²) >= 11 is 5.68. The third-order valence-electron chi connectivity index (χ3n) is 10.7. The predicted octanol–water partition coefficient (Wildman–Crippen LogP) is 8.18. The fourth-order valence-electron chi connectivity index (χ4n) is 8.97. The van der Waals surface area contributed by atoms with Crippen LogP contribution in [0.3, 0.4) is 0 Å². The van der Waals surface area contributed by atoms with Gasteiger partial charge in [-0.25, -0.2) is 0 Å². The molecule has 3 fully saturated rings. The van der Waals surface area contributed by atoms with Crippen molar-refractivity contribution >= 4 is 17.6 Å². The number of alkyl halides is 1. The maximum absolute atomic E-state index is 11.7. The summed E-state index contributed by atoms with van der Waals surface area (Å²) in [5, 5.41) is 0. The Morgan fingerprint density at radius 3 is 2.59 bits per heavy atom. The van der Waals surface area contributed by atoms with Gasteiger partial charge < -0.3 is 4.74 Å². The van der Waals surface area contributed by atoms with Gasteiger partial charge in [0, 0.05) is 6.42 Å². The molecule has 3 heteroatoms. The molecule has 0 bridgehead atoms. The molecule has 182 valence electrons. The van der Waals surface area contributed by atoms with E-state index < -0.39 is 0 Å². The number of fused-ring (bicyclic) bond motifs is 5. The largest absolute Gasteiger partial charge is 0.461 e. The first-order valence-electron chi connectivity index (χ1n) is 13.6. The summed E-state index contributed by atoms with van der Waals surface area (Å²) in [6.07, 6.45) is 16.9. The van der Waals surface area contributed by atoms with Crippen LogP contribution in [0, 0.1) is 46.3 Å². The van der Waals surface area contributed by atoms with Gasteiger partial charge in [-0.3, -0.25) is 4.79 Å². The second-order valence-corrected chi connectivity index (χ2v) is 13.0. The number of rotatable bonds is 7. The minimum Gasteiger partial charge on any atom is -0.461 e. The molecule has 4 rings (SSSR count). The van der Waals surface area contributed by atoms with Crippen molar-refractivity contribution in [3.63, 3.8) is 0 Å². The maximum Gasteiger partial charge on any atom is 0.321 e. The minimum atomic E-state index is -0.262. The van der Waals surface area contributed by atoms with Crippen molar-refractivity contribution < 1.29 is 9.53 Å². The van der Waals surface area contributed by atoms with Crippen LogP contribution in [0.2, 0.25) is 0 Å². The summed E-state index contributed by atoms with van der Waals surface area (Å²) in [5.74, 6) is 4.92. The Bertz CT molecular complexity index is 714. The lowest BCUT2D eigenvalue weighted by molar-refractivity contribution is -0.148. The van der Waals surface area contributed by atoms with Crippen LogP contribution in [-0.2, 0) is 9.53 Å². The number of carbonyl (C=O) groups excluding carboxylic acids is 1. The molecule has 0 aliphatic heterocycles. The molecule has 0 heterocycles. The lowest BCUT2D eigenvalue weighted by Crippen LogP contribution is -2.51. The van der Waals surface area contributed by atoms with E-state index in [4.69, 9.17) is 16.3 Å². The molecule has 0 aromatic carbocycles. The maximum atomic E-state index is 11.7. The van der Waals surface area contributed by atoms with Gasteiger partial charge in [0.25, 0.3) is 0 Å². The number of carbonyl (C=O) groups is 1. The van der Waals surface area contributed by atoms with E-state index in [1.54, 1.807) is 5.57 Å². The highest BCUT2D eigenvalue weighted by atomic mass is 35.5. The van der Waals surface area contributed by atoms with Crippen LogP contribution in [0.1, 0.15) is 105 Å². The third kappa shape index (κ3) is 4.44. The molecule has 8 atom stereocenters. The van der Waals surface area contributed by atoms with Crippen molar-refractivity contribution in [3.8, 4) is 0 Å². The molecular weight excluding hydrogens is 416 g/mol. The highest BCUT2D eigenvalue weighted by Gasteiger charge is 2.59. The highest BCUT2D eigenvalue weighted by molar-refractivity contribution is 6.26. The smallest absolute Gasteiger partial charge is 0.321 e. The van der Waals surface area contributed by atoms with E-state index in [0.29, 0.717) is 10.8 Å². The monoisotopic (exact) mass is 462 g/mol. The Balaban J connectivity index is 1.45. The summed E-state index contributed by atoms with van der Waals surface area (Å²) < 4.78 is 5.63. The summed E-state index contributed by atoms with van der Waals surface area (Å²) in [6.45, 7) is 12.5. The third-order valence-corrected chi connectivity index (χ3v) is 10.9. The first kappa shape index (κ1) is 24.6. The van der Waals surface area contributed by atoms with Crippen LogP contribution in [0.15, 0.2) is 11.6 Å². The van der Waals surface area contributed by atoms with Crippen LogP contribution in [0.25, 0.3) is 0 Å². The highest BCUT2D eigenvalue weighted by Crippen LogP contribution is 2.67. The van der Waals surface area contributed by atoms with E-state index in [2.05, 4.69) is 40.7 Å². The van der Waals surface area contributed by atoms with Gasteiger partial charge in [-0.15, -0.1) is 11.6 Å². The van der Waals surface area contributed by atoms with Crippen LogP contribution in [-0.4, -0.2) is 18.0 Å². The lowest BCUT2D eigenvalue weighted by Gasteiger charge is -2.58. The van der Waals surface area contributed by atoms with Crippen molar-refractivity contribution in [2.24, 2.45) is 46.3 Å². The molecule has 0 N–H and O–H groups in total. The van der Waals surface area contributed by atoms with Gasteiger partial charge in [-0.1, -0.05) is 65.5 Å². The number of hydrogen-bond donors (Lipinski definition) is 0. The Morgan fingerprint density at radius 2 is 1.88 bits per heavy atom. The zero-order valence-electron chi connectivity index (χ0n) is 21.3. The van der Waals surface area contributed by atoms with Gasteiger partial charge in [0.1, 0.15) is 12.0 Å². The van der Waals surface area contributed by atoms with E-state index in [9.17, 15) is 4.79 Å². The molecule has 0 aromatic rings. The summed E-state index contributed by atoms with van der Waals surface area (Å²) in [6, 6.07) is 0. The second kappa shape index (κ2) is 9.63. The Labute approximate surface area is 202 Å². The average Bonchev–Trinajstić information content (AvgIpc) is 3.11. The first-order chi connectivity index (χ1) is 15.2. The van der Waals surface area contributed by atoms with Gasteiger partial charge >= 0.3 is 5.97 Å². The van der Waals surface area contributed by atoms with Crippen molar-refractivity contribution in [2.45, 2.75) is 111 Å². The summed E-state index contributed by atoms with van der Waals surface area (Å²) in [5.41, 5.74) is 2.44. The second-order valence-electron chi connectivity index (χ2n) is 12.8. The molecule has 4 aliphatic carbocycles. The van der Waals surface area contributed by atoms with E-state index in [0.717, 1.165) is 48.3 Å². The van der Waals surface area contributed by atoms with E-state index in [-0.39, 0.29) is 18.0 Å². The van der Waals surface area contributed by atoms with Crippen LogP contribution >= 0.6 is 11.6 Å². The lowest BCUT2D eigenvalue weighted by atomic mass is 9.47. The van der Waals surface area contributed by atoms with Gasteiger partial charge in [-0.2, -0.15) is 0 Å². The standard InChI is InChI=1S/C29H47ClO2/c1-19(2)7-6-8-20(3)24-11-12-25-23-10-9-21-17-22(32-27(31)18-30)13-15-28(21,4)26(23)14-16-29(24,25)5/h9,19-20,22-26H,6-8,10-18H2,1-5H3/t20-,22-,23-,24+,25+,26+,28-,29+/m0/s1. The summed E-state index contributed by atoms with van der Waals surface area (Å²) in [4.78, 5) is 11.7. The number of hydrogen-bond acceptors (Lipinski definition) is 2. The molecule has 0 aromatic heterocycles. The van der Waals surface area contributed by atoms with Gasteiger partial charge in [0.05, 0.1) is 0 Å². The molecule has 0 amide bonds. The molecule has 0 unspecified atom stereocenters. The normalized spacial score (nSPS) is 42.0. The van der Waals surface area contributed by atoms with Crippen molar-refractivity contribution in [1.82, 2.24) is 0 Å². The van der Waals surface area contributed by atoms with Crippen LogP contribution in [0.5, 0.6) is 0 Å². The van der Waals surface area contributed by atoms with E-state index in [1.165, 1.54) is 57.8 Å². The Kier molecular flexibility index (Phi) is 7.41. The molecule has 3 saturated carbocycles. The van der Waals surface area contributed by atoms with Crippen LogP contribution < -0.4 is 0 Å². The van der Waals surface area contributed by atoms with Crippen molar-refractivity contribution in [1.29, 1.82) is 0 Å². The van der Waals surface area contributed by atoms with Gasteiger partial charge in [-0.05, 0) is 91.3 Å². The fourth-order valence-corrected chi connectivity index (χ4v) is 9.03. The van der Waals surface area contributed by atoms with E-state index >= 15 is 0 Å². The quantitative estimate of drug-likeness (QED) is 0.216. The topological polar surface area (TPSA) is 26.3 Å². The van der Waals surface area contributed by atoms with Crippen molar-refractivity contribution in [2.75, 3.05) is 5.88 Å². The molecule has 0 spiro atoms. The summed E-state index contributed by atoms with van der Waals surface area (Å²) in [7, 11) is 0. The molecule has 4 aliphatic rings. The SMILES string of the molecule is CC(C)CCC[C@H](C)[C@H]1CC[C@@H]2[C@@H]3CC=C4C[C@@H](OC(=O)CCl)CC[C@]4(C)[C@@H]3CC[C@@]21C. The number of ether oxygens (including phenoxy) is 1.